The highest BCUT2D eigenvalue weighted by atomic mass is 16.6. The maximum atomic E-state index is 14.0. The summed E-state index contributed by atoms with van der Waals surface area (Å²) >= 11 is 0. The molecule has 2 fully saturated rings. The second-order valence-corrected chi connectivity index (χ2v) is 12.3. The van der Waals surface area contributed by atoms with Crippen molar-refractivity contribution in [2.75, 3.05) is 13.7 Å². The van der Waals surface area contributed by atoms with Gasteiger partial charge in [0.25, 0.3) is 5.91 Å². The second kappa shape index (κ2) is 8.65. The van der Waals surface area contributed by atoms with Crippen LogP contribution in [-0.4, -0.2) is 54.0 Å². The lowest BCUT2D eigenvalue weighted by Gasteiger charge is -2.70. The van der Waals surface area contributed by atoms with Gasteiger partial charge in [0, 0.05) is 36.2 Å². The molecule has 0 radical (unpaired) electrons. The molecule has 0 aromatic heterocycles. The minimum Gasteiger partial charge on any atom is -0.482 e. The lowest BCUT2D eigenvalue weighted by molar-refractivity contribution is -0.210. The number of nitrogens with zero attached hydrogens (tertiary/aromatic N) is 1. The van der Waals surface area contributed by atoms with Gasteiger partial charge in [0.15, 0.2) is 11.5 Å². The van der Waals surface area contributed by atoms with Crippen molar-refractivity contribution in [3.63, 3.8) is 0 Å². The molecular weight excluding hydrogens is 530 g/mol. The highest BCUT2D eigenvalue weighted by molar-refractivity contribution is 5.95. The Balaban J connectivity index is 1.31. The number of ketones is 1. The van der Waals surface area contributed by atoms with Crippen molar-refractivity contribution < 1.29 is 28.6 Å². The highest BCUT2D eigenvalue weighted by Crippen LogP contribution is 2.74. The number of likely N-dealkylation sites (tertiary alicyclic amines) is 1. The Morgan fingerprint density at radius 2 is 1.64 bits per heavy atom. The number of carbonyl (C=O) groups is 3. The van der Waals surface area contributed by atoms with Crippen LogP contribution in [0.25, 0.3) is 0 Å². The van der Waals surface area contributed by atoms with Crippen LogP contribution in [0.1, 0.15) is 51.6 Å². The minimum atomic E-state index is -0.974. The van der Waals surface area contributed by atoms with E-state index in [2.05, 4.69) is 6.08 Å². The SMILES string of the molecule is CO[C@@]12C=C[C@]3(C[C@H]1C(C)=O)[C@H]1Cc4ccc(OC(=O)c5ccccc5)c5c4[C@]3(CCN1C(=O)c1ccccc1)[C@@H]2O5. The molecule has 4 bridgehead atoms. The Hall–Kier alpha value is -4.23. The molecule has 0 N–H and O–H groups in total. The Morgan fingerprint density at radius 3 is 2.33 bits per heavy atom. The van der Waals surface area contributed by atoms with Crippen LogP contribution in [0.15, 0.2) is 84.9 Å². The first-order valence-corrected chi connectivity index (χ1v) is 14.6. The molecule has 3 aromatic carbocycles. The molecule has 212 valence electrons. The van der Waals surface area contributed by atoms with Crippen molar-refractivity contribution in [2.24, 2.45) is 11.3 Å². The van der Waals surface area contributed by atoms with Crippen molar-refractivity contribution in [1.82, 2.24) is 4.90 Å². The molecule has 0 unspecified atom stereocenters. The maximum Gasteiger partial charge on any atom is 0.343 e. The van der Waals surface area contributed by atoms with Crippen molar-refractivity contribution in [2.45, 2.75) is 49.3 Å². The topological polar surface area (TPSA) is 82.1 Å². The number of methoxy groups -OCH3 is 1. The molecule has 2 heterocycles. The van der Waals surface area contributed by atoms with Gasteiger partial charge in [0.2, 0.25) is 0 Å². The Bertz CT molecular complexity index is 1680. The average molecular weight is 562 g/mol. The lowest BCUT2D eigenvalue weighted by Crippen LogP contribution is -2.80. The van der Waals surface area contributed by atoms with Gasteiger partial charge in [0.05, 0.1) is 16.9 Å². The minimum absolute atomic E-state index is 0.000646. The summed E-state index contributed by atoms with van der Waals surface area (Å²) in [5.41, 5.74) is 1.17. The van der Waals surface area contributed by atoms with E-state index in [-0.39, 0.29) is 17.7 Å². The molecule has 2 aliphatic heterocycles. The van der Waals surface area contributed by atoms with Gasteiger partial charge >= 0.3 is 5.97 Å². The molecule has 2 spiro atoms. The number of rotatable bonds is 5. The van der Waals surface area contributed by atoms with E-state index in [1.54, 1.807) is 44.4 Å². The van der Waals surface area contributed by atoms with E-state index in [1.807, 2.05) is 53.4 Å². The number of fused-ring (bicyclic) bond motifs is 1. The summed E-state index contributed by atoms with van der Waals surface area (Å²) in [5.74, 6) is 0.0640. The number of esters is 1. The number of piperidine rings is 1. The fourth-order valence-corrected chi connectivity index (χ4v) is 9.09. The van der Waals surface area contributed by atoms with E-state index in [1.165, 1.54) is 0 Å². The predicted octanol–water partition coefficient (Wildman–Crippen LogP) is 4.93. The van der Waals surface area contributed by atoms with Gasteiger partial charge in [-0.05, 0) is 62.1 Å². The number of amides is 1. The van der Waals surface area contributed by atoms with E-state index in [4.69, 9.17) is 14.2 Å². The molecule has 7 heteroatoms. The zero-order valence-corrected chi connectivity index (χ0v) is 23.5. The molecule has 7 nitrogen and oxygen atoms in total. The van der Waals surface area contributed by atoms with Gasteiger partial charge in [-0.2, -0.15) is 0 Å². The Morgan fingerprint density at radius 1 is 0.929 bits per heavy atom. The van der Waals surface area contributed by atoms with Crippen LogP contribution in [0.4, 0.5) is 0 Å². The molecule has 42 heavy (non-hydrogen) atoms. The predicted molar refractivity (Wildman–Crippen MR) is 154 cm³/mol. The van der Waals surface area contributed by atoms with Crippen molar-refractivity contribution in [3.05, 3.63) is 107 Å². The highest BCUT2D eigenvalue weighted by Gasteiger charge is 2.80. The molecule has 1 amide bonds. The Kier molecular flexibility index (Phi) is 5.24. The molecule has 6 aliphatic rings. The maximum absolute atomic E-state index is 14.0. The number of ether oxygens (including phenoxy) is 3. The molecule has 6 atom stereocenters. The third kappa shape index (κ3) is 2.96. The molecule has 3 aromatic rings. The molecular formula is C35H31NO6. The summed E-state index contributed by atoms with van der Waals surface area (Å²) in [5, 5.41) is 0. The van der Waals surface area contributed by atoms with Gasteiger partial charge in [-0.15, -0.1) is 0 Å². The molecule has 1 saturated carbocycles. The van der Waals surface area contributed by atoms with Crippen molar-refractivity contribution in [3.8, 4) is 11.5 Å². The van der Waals surface area contributed by atoms with Crippen LogP contribution >= 0.6 is 0 Å². The number of Topliss-reactive ketones (excluding diaryl/α,β-unsaturated/α-hetero) is 1. The summed E-state index contributed by atoms with van der Waals surface area (Å²) in [4.78, 5) is 42.5. The first-order valence-electron chi connectivity index (χ1n) is 14.6. The Labute approximate surface area is 244 Å². The zero-order valence-electron chi connectivity index (χ0n) is 23.5. The normalized spacial score (nSPS) is 32.6. The quantitative estimate of drug-likeness (QED) is 0.250. The van der Waals surface area contributed by atoms with Crippen LogP contribution < -0.4 is 9.47 Å². The van der Waals surface area contributed by atoms with Crippen molar-refractivity contribution >= 4 is 17.7 Å². The fraction of sp³-hybridized carbons (Fsp3) is 0.343. The second-order valence-electron chi connectivity index (χ2n) is 12.3. The van der Waals surface area contributed by atoms with E-state index in [0.717, 1.165) is 11.1 Å². The summed E-state index contributed by atoms with van der Waals surface area (Å²) in [6.45, 7) is 2.17. The molecule has 9 rings (SSSR count). The summed E-state index contributed by atoms with van der Waals surface area (Å²) in [7, 11) is 1.65. The van der Waals surface area contributed by atoms with Crippen LogP contribution in [0.2, 0.25) is 0 Å². The lowest BCUT2D eigenvalue weighted by atomic mass is 9.37. The monoisotopic (exact) mass is 561 g/mol. The first-order chi connectivity index (χ1) is 20.4. The third-order valence-electron chi connectivity index (χ3n) is 10.8. The van der Waals surface area contributed by atoms with Gasteiger partial charge in [-0.1, -0.05) is 54.6 Å². The standard InChI is InChI=1S/C35H31NO6/c1-21(37)25-20-33-15-16-35(25,40-2)32-34(33)17-18-36(30(38)22-9-5-3-6-10-22)27(33)19-24-13-14-26(29(42-32)28(24)34)41-31(39)23-11-7-4-8-12-23/h3-16,25,27,32H,17-20H2,1-2H3/t25-,27+,32-,33-,34+,35-/m0/s1. The van der Waals surface area contributed by atoms with Gasteiger partial charge in [0.1, 0.15) is 17.5 Å². The van der Waals surface area contributed by atoms with E-state index >= 15 is 0 Å². The number of hydrogen-bond acceptors (Lipinski definition) is 6. The largest absolute Gasteiger partial charge is 0.482 e. The number of hydrogen-bond donors (Lipinski definition) is 0. The van der Waals surface area contributed by atoms with Crippen molar-refractivity contribution in [1.29, 1.82) is 0 Å². The fourth-order valence-electron chi connectivity index (χ4n) is 9.09. The van der Waals surface area contributed by atoms with E-state index in [9.17, 15) is 14.4 Å². The molecule has 1 saturated heterocycles. The smallest absolute Gasteiger partial charge is 0.343 e. The summed E-state index contributed by atoms with van der Waals surface area (Å²) in [6, 6.07) is 22.0. The van der Waals surface area contributed by atoms with Gasteiger partial charge in [-0.3, -0.25) is 9.59 Å². The third-order valence-corrected chi connectivity index (χ3v) is 10.8. The summed E-state index contributed by atoms with van der Waals surface area (Å²) < 4.78 is 19.2. The van der Waals surface area contributed by atoms with Gasteiger partial charge < -0.3 is 19.1 Å². The summed E-state index contributed by atoms with van der Waals surface area (Å²) in [6.07, 6.45) is 5.56. The number of benzene rings is 3. The number of carbonyl (C=O) groups excluding carboxylic acids is 3. The van der Waals surface area contributed by atoms with Crippen LogP contribution in [-0.2, 0) is 21.4 Å². The average Bonchev–Trinajstić information content (AvgIpc) is 3.39. The van der Waals surface area contributed by atoms with Crippen LogP contribution in [0, 0.1) is 11.3 Å². The van der Waals surface area contributed by atoms with Crippen LogP contribution in [0.5, 0.6) is 11.5 Å². The zero-order chi connectivity index (χ0) is 28.9. The van der Waals surface area contributed by atoms with Gasteiger partial charge in [-0.25, -0.2) is 4.79 Å². The van der Waals surface area contributed by atoms with E-state index < -0.39 is 34.4 Å². The van der Waals surface area contributed by atoms with E-state index in [0.29, 0.717) is 48.4 Å². The molecule has 4 aliphatic carbocycles. The van der Waals surface area contributed by atoms with Crippen LogP contribution in [0.3, 0.4) is 0 Å². The first kappa shape index (κ1) is 25.5.